The number of anilines is 1. The van der Waals surface area contributed by atoms with Crippen molar-refractivity contribution in [2.24, 2.45) is 0 Å². The predicted molar refractivity (Wildman–Crippen MR) is 106 cm³/mol. The molecule has 136 valence electrons. The number of fused-ring (bicyclic) bond motifs is 1. The molecule has 1 heterocycles. The Hall–Kier alpha value is -2.42. The zero-order chi connectivity index (χ0) is 18.7. The highest BCUT2D eigenvalue weighted by Gasteiger charge is 2.36. The number of nitrogens with zero attached hydrogens (tertiary/aromatic N) is 1. The first-order chi connectivity index (χ1) is 12.5. The van der Waals surface area contributed by atoms with E-state index in [1.165, 1.54) is 29.7 Å². The summed E-state index contributed by atoms with van der Waals surface area (Å²) < 4.78 is 0. The fourth-order valence-corrected chi connectivity index (χ4v) is 3.44. The van der Waals surface area contributed by atoms with Crippen molar-refractivity contribution < 1.29 is 9.59 Å². The van der Waals surface area contributed by atoms with Crippen LogP contribution < -0.4 is 4.90 Å². The smallest absolute Gasteiger partial charge is 0.266 e. The Balaban J connectivity index is 1.80. The average molecular weight is 349 g/mol. The van der Waals surface area contributed by atoms with Crippen LogP contribution in [0, 0.1) is 0 Å². The van der Waals surface area contributed by atoms with E-state index in [2.05, 4.69) is 20.8 Å². The Labute approximate surface area is 156 Å². The van der Waals surface area contributed by atoms with Crippen LogP contribution in [0.1, 0.15) is 84.2 Å². The molecule has 0 aliphatic carbocycles. The van der Waals surface area contributed by atoms with Gasteiger partial charge in [0.1, 0.15) is 0 Å². The summed E-state index contributed by atoms with van der Waals surface area (Å²) in [6.45, 7) is 6.44. The van der Waals surface area contributed by atoms with Gasteiger partial charge in [-0.25, -0.2) is 4.90 Å². The molecule has 0 aromatic heterocycles. The van der Waals surface area contributed by atoms with Crippen LogP contribution in [-0.4, -0.2) is 11.8 Å². The maximum absolute atomic E-state index is 12.9. The largest absolute Gasteiger partial charge is 0.268 e. The van der Waals surface area contributed by atoms with Crippen molar-refractivity contribution in [3.05, 3.63) is 64.7 Å². The molecule has 2 aromatic rings. The lowest BCUT2D eigenvalue weighted by molar-refractivity contribution is 0.0926. The molecule has 1 aliphatic heterocycles. The molecule has 3 rings (SSSR count). The maximum atomic E-state index is 12.9. The second kappa shape index (κ2) is 7.86. The Bertz CT molecular complexity index is 805. The lowest BCUT2D eigenvalue weighted by atomic mass is 10.0. The summed E-state index contributed by atoms with van der Waals surface area (Å²) in [6.07, 6.45) is 5.73. The normalized spacial score (nSPS) is 13.6. The van der Waals surface area contributed by atoms with E-state index in [1.54, 1.807) is 0 Å². The molecule has 0 N–H and O–H groups in total. The molecule has 2 amide bonds. The van der Waals surface area contributed by atoms with Crippen molar-refractivity contribution >= 4 is 17.5 Å². The number of amides is 2. The number of hydrogen-bond donors (Lipinski definition) is 0. The van der Waals surface area contributed by atoms with Gasteiger partial charge in [-0.3, -0.25) is 9.59 Å². The number of carbonyl (C=O) groups excluding carboxylic acids is 2. The number of hydrogen-bond acceptors (Lipinski definition) is 2. The summed E-state index contributed by atoms with van der Waals surface area (Å²) in [4.78, 5) is 26.9. The molecule has 2 aromatic carbocycles. The summed E-state index contributed by atoms with van der Waals surface area (Å²) >= 11 is 0. The van der Waals surface area contributed by atoms with Crippen molar-refractivity contribution in [1.29, 1.82) is 0 Å². The molecule has 1 aliphatic rings. The third kappa shape index (κ3) is 3.57. The van der Waals surface area contributed by atoms with Gasteiger partial charge in [-0.05, 0) is 54.2 Å². The van der Waals surface area contributed by atoms with Crippen LogP contribution in [0.25, 0.3) is 0 Å². The number of imide groups is 1. The van der Waals surface area contributed by atoms with E-state index in [0.717, 1.165) is 18.4 Å². The minimum Gasteiger partial charge on any atom is -0.268 e. The van der Waals surface area contributed by atoms with Gasteiger partial charge in [-0.1, -0.05) is 58.2 Å². The lowest BCUT2D eigenvalue weighted by Crippen LogP contribution is -2.29. The third-order valence-corrected chi connectivity index (χ3v) is 5.09. The van der Waals surface area contributed by atoms with Gasteiger partial charge in [0, 0.05) is 0 Å². The van der Waals surface area contributed by atoms with E-state index >= 15 is 0 Å². The Morgan fingerprint density at radius 2 is 1.54 bits per heavy atom. The van der Waals surface area contributed by atoms with Crippen LogP contribution in [0.5, 0.6) is 0 Å². The van der Waals surface area contributed by atoms with E-state index in [1.807, 2.05) is 42.5 Å². The summed E-state index contributed by atoms with van der Waals surface area (Å²) in [5.41, 5.74) is 4.03. The quantitative estimate of drug-likeness (QED) is 0.472. The molecule has 0 spiro atoms. The minimum absolute atomic E-state index is 0.210. The number of rotatable bonds is 7. The molecule has 0 saturated carbocycles. The predicted octanol–water partition coefficient (Wildman–Crippen LogP) is 5.73. The van der Waals surface area contributed by atoms with Crippen LogP contribution in [0.3, 0.4) is 0 Å². The maximum Gasteiger partial charge on any atom is 0.266 e. The molecular weight excluding hydrogens is 322 g/mol. The van der Waals surface area contributed by atoms with E-state index in [4.69, 9.17) is 0 Å². The van der Waals surface area contributed by atoms with Gasteiger partial charge in [0.05, 0.1) is 16.8 Å². The molecule has 0 radical (unpaired) electrons. The SMILES string of the molecule is CCCCCCc1ccc2c(c1)C(=O)N(c1ccc(C(C)C)cc1)C2=O. The highest BCUT2D eigenvalue weighted by Crippen LogP contribution is 2.30. The standard InChI is InChI=1S/C23H27NO2/c1-4-5-6-7-8-17-9-14-20-21(15-17)23(26)24(22(20)25)19-12-10-18(11-13-19)16(2)3/h9-16H,4-8H2,1-3H3. The van der Waals surface area contributed by atoms with E-state index in [-0.39, 0.29) is 11.8 Å². The van der Waals surface area contributed by atoms with Crippen molar-refractivity contribution in [2.45, 2.75) is 58.8 Å². The molecule has 0 unspecified atom stereocenters. The van der Waals surface area contributed by atoms with Crippen LogP contribution in [0.15, 0.2) is 42.5 Å². The first-order valence-electron chi connectivity index (χ1n) is 9.64. The molecule has 0 atom stereocenters. The number of benzene rings is 2. The summed E-state index contributed by atoms with van der Waals surface area (Å²) in [6, 6.07) is 13.4. The first-order valence-corrected chi connectivity index (χ1v) is 9.64. The van der Waals surface area contributed by atoms with Crippen molar-refractivity contribution in [1.82, 2.24) is 0 Å². The summed E-state index contributed by atoms with van der Waals surface area (Å²) in [7, 11) is 0. The summed E-state index contributed by atoms with van der Waals surface area (Å²) in [5.74, 6) is -0.0148. The lowest BCUT2D eigenvalue weighted by Gasteiger charge is -2.15. The zero-order valence-electron chi connectivity index (χ0n) is 15.9. The second-order valence-electron chi connectivity index (χ2n) is 7.38. The zero-order valence-corrected chi connectivity index (χ0v) is 15.9. The fraction of sp³-hybridized carbons (Fsp3) is 0.391. The number of unbranched alkanes of at least 4 members (excludes halogenated alkanes) is 3. The van der Waals surface area contributed by atoms with Gasteiger partial charge in [0.15, 0.2) is 0 Å². The van der Waals surface area contributed by atoms with Crippen LogP contribution in [0.2, 0.25) is 0 Å². The minimum atomic E-state index is -0.222. The third-order valence-electron chi connectivity index (χ3n) is 5.09. The van der Waals surface area contributed by atoms with E-state index in [9.17, 15) is 9.59 Å². The molecule has 3 heteroatoms. The highest BCUT2D eigenvalue weighted by molar-refractivity contribution is 6.34. The molecule has 0 fully saturated rings. The van der Waals surface area contributed by atoms with Gasteiger partial charge in [-0.15, -0.1) is 0 Å². The summed E-state index contributed by atoms with van der Waals surface area (Å²) in [5, 5.41) is 0. The van der Waals surface area contributed by atoms with Crippen LogP contribution >= 0.6 is 0 Å². The second-order valence-corrected chi connectivity index (χ2v) is 7.38. The number of carbonyl (C=O) groups is 2. The monoisotopic (exact) mass is 349 g/mol. The van der Waals surface area contributed by atoms with Gasteiger partial charge in [0.25, 0.3) is 11.8 Å². The molecule has 0 saturated heterocycles. The van der Waals surface area contributed by atoms with Crippen LogP contribution in [0.4, 0.5) is 5.69 Å². The van der Waals surface area contributed by atoms with Crippen molar-refractivity contribution in [2.75, 3.05) is 4.90 Å². The Morgan fingerprint density at radius 3 is 2.19 bits per heavy atom. The van der Waals surface area contributed by atoms with Crippen molar-refractivity contribution in [3.8, 4) is 0 Å². The first kappa shape index (κ1) is 18.4. The molecule has 3 nitrogen and oxygen atoms in total. The number of aryl methyl sites for hydroxylation is 1. The van der Waals surface area contributed by atoms with E-state index in [0.29, 0.717) is 22.7 Å². The van der Waals surface area contributed by atoms with Crippen LogP contribution in [-0.2, 0) is 6.42 Å². The van der Waals surface area contributed by atoms with Gasteiger partial charge < -0.3 is 0 Å². The van der Waals surface area contributed by atoms with Gasteiger partial charge in [-0.2, -0.15) is 0 Å². The van der Waals surface area contributed by atoms with Crippen molar-refractivity contribution in [3.63, 3.8) is 0 Å². The van der Waals surface area contributed by atoms with Gasteiger partial charge in [0.2, 0.25) is 0 Å². The topological polar surface area (TPSA) is 37.4 Å². The Morgan fingerprint density at radius 1 is 0.846 bits per heavy atom. The molecule has 0 bridgehead atoms. The highest BCUT2D eigenvalue weighted by atomic mass is 16.2. The Kier molecular flexibility index (Phi) is 5.55. The molecule has 26 heavy (non-hydrogen) atoms. The van der Waals surface area contributed by atoms with Gasteiger partial charge >= 0.3 is 0 Å². The molecular formula is C23H27NO2. The van der Waals surface area contributed by atoms with E-state index < -0.39 is 0 Å². The average Bonchev–Trinajstić information content (AvgIpc) is 2.89. The fourth-order valence-electron chi connectivity index (χ4n) is 3.44.